The molecule has 2 aliphatic rings. The number of hydrogen-bond donors (Lipinski definition) is 1. The van der Waals surface area contributed by atoms with E-state index in [2.05, 4.69) is 10.3 Å². The maximum Gasteiger partial charge on any atom is 0.401 e. The van der Waals surface area contributed by atoms with Gasteiger partial charge in [-0.05, 0) is 32.1 Å². The van der Waals surface area contributed by atoms with Gasteiger partial charge < -0.3 is 5.32 Å². The van der Waals surface area contributed by atoms with E-state index in [1.807, 2.05) is 12.3 Å². The number of hydrogen-bond acceptors (Lipinski definition) is 4. The first-order valence-corrected chi connectivity index (χ1v) is 8.26. The monoisotopic (exact) mass is 319 g/mol. The molecule has 7 heteroatoms. The molecular formula is C14H20F3N3S. The maximum absolute atomic E-state index is 12.4. The molecule has 1 aliphatic carbocycles. The number of nitrogens with one attached hydrogen (secondary N) is 1. The fourth-order valence-corrected chi connectivity index (χ4v) is 3.92. The third-order valence-corrected chi connectivity index (χ3v) is 5.13. The van der Waals surface area contributed by atoms with Crippen LogP contribution in [0.5, 0.6) is 0 Å². The van der Waals surface area contributed by atoms with E-state index in [9.17, 15) is 13.2 Å². The zero-order valence-electron chi connectivity index (χ0n) is 12.0. The molecule has 118 valence electrons. The maximum atomic E-state index is 12.4. The number of rotatable bonds is 5. The van der Waals surface area contributed by atoms with Crippen LogP contribution in [0.3, 0.4) is 0 Å². The average Bonchev–Trinajstić information content (AvgIpc) is 2.99. The Bertz CT molecular complexity index is 484. The molecule has 2 fully saturated rings. The van der Waals surface area contributed by atoms with Gasteiger partial charge in [-0.2, -0.15) is 13.2 Å². The van der Waals surface area contributed by atoms with Crippen molar-refractivity contribution < 1.29 is 13.2 Å². The normalized spacial score (nSPS) is 25.4. The van der Waals surface area contributed by atoms with Gasteiger partial charge in [0.1, 0.15) is 5.01 Å². The van der Waals surface area contributed by atoms with Crippen molar-refractivity contribution in [3.05, 3.63) is 16.1 Å². The van der Waals surface area contributed by atoms with Crippen molar-refractivity contribution in [2.45, 2.75) is 44.4 Å². The van der Waals surface area contributed by atoms with Crippen molar-refractivity contribution in [1.82, 2.24) is 15.2 Å². The third kappa shape index (κ3) is 4.17. The Morgan fingerprint density at radius 1 is 1.43 bits per heavy atom. The molecule has 0 bridgehead atoms. The predicted octanol–water partition coefficient (Wildman–Crippen LogP) is 3.13. The van der Waals surface area contributed by atoms with Gasteiger partial charge in [-0.1, -0.05) is 0 Å². The molecule has 1 N–H and O–H groups in total. The number of aryl methyl sites for hydroxylation is 1. The van der Waals surface area contributed by atoms with Crippen LogP contribution < -0.4 is 5.32 Å². The number of thiazole rings is 1. The molecule has 0 unspecified atom stereocenters. The van der Waals surface area contributed by atoms with Crippen molar-refractivity contribution in [2.24, 2.45) is 5.92 Å². The van der Waals surface area contributed by atoms with Crippen LogP contribution in [0.2, 0.25) is 0 Å². The molecule has 2 atom stereocenters. The van der Waals surface area contributed by atoms with Gasteiger partial charge in [0.15, 0.2) is 0 Å². The van der Waals surface area contributed by atoms with Gasteiger partial charge in [0.2, 0.25) is 0 Å². The van der Waals surface area contributed by atoms with E-state index >= 15 is 0 Å². The molecule has 2 heterocycles. The van der Waals surface area contributed by atoms with Crippen LogP contribution in [0.25, 0.3) is 0 Å². The number of likely N-dealkylation sites (tertiary alicyclic amines) is 1. The molecule has 3 rings (SSSR count). The minimum absolute atomic E-state index is 0.141. The highest BCUT2D eigenvalue weighted by molar-refractivity contribution is 7.09. The van der Waals surface area contributed by atoms with E-state index in [1.165, 1.54) is 17.7 Å². The SMILES string of the molecule is Cc1csc([C@H](N[C@@H]2CCN(CC(F)(F)F)C2)C2CC2)n1. The van der Waals surface area contributed by atoms with Gasteiger partial charge in [-0.25, -0.2) is 4.98 Å². The summed E-state index contributed by atoms with van der Waals surface area (Å²) in [5, 5.41) is 6.69. The first-order valence-electron chi connectivity index (χ1n) is 7.38. The standard InChI is InChI=1S/C14H20F3N3S/c1-9-7-21-13(18-9)12(10-2-3-10)19-11-4-5-20(6-11)8-14(15,16)17/h7,10-12,19H,2-6,8H2,1H3/t11-,12-/m1/s1. The van der Waals surface area contributed by atoms with E-state index in [4.69, 9.17) is 0 Å². The summed E-state index contributed by atoms with van der Waals surface area (Å²) in [5.41, 5.74) is 1.02. The van der Waals surface area contributed by atoms with Gasteiger partial charge in [-0.3, -0.25) is 4.90 Å². The van der Waals surface area contributed by atoms with Crippen LogP contribution in [0.1, 0.15) is 36.0 Å². The molecule has 3 nitrogen and oxygen atoms in total. The van der Waals surface area contributed by atoms with Crippen LogP contribution in [0.15, 0.2) is 5.38 Å². The second-order valence-electron chi connectivity index (χ2n) is 6.14. The van der Waals surface area contributed by atoms with Crippen molar-refractivity contribution in [1.29, 1.82) is 0 Å². The molecule has 0 spiro atoms. The van der Waals surface area contributed by atoms with Crippen molar-refractivity contribution >= 4 is 11.3 Å². The lowest BCUT2D eigenvalue weighted by Gasteiger charge is -2.22. The van der Waals surface area contributed by atoms with Crippen molar-refractivity contribution in [2.75, 3.05) is 19.6 Å². The van der Waals surface area contributed by atoms with Crippen molar-refractivity contribution in [3.63, 3.8) is 0 Å². The smallest absolute Gasteiger partial charge is 0.304 e. The summed E-state index contributed by atoms with van der Waals surface area (Å²) in [5.74, 6) is 0.604. The number of aromatic nitrogens is 1. The summed E-state index contributed by atoms with van der Waals surface area (Å²) < 4.78 is 37.3. The summed E-state index contributed by atoms with van der Waals surface area (Å²) >= 11 is 1.65. The Labute approximate surface area is 126 Å². The second kappa shape index (κ2) is 5.85. The Kier molecular flexibility index (Phi) is 4.25. The first-order chi connectivity index (χ1) is 9.90. The average molecular weight is 319 g/mol. The molecule has 1 saturated carbocycles. The highest BCUT2D eigenvalue weighted by Crippen LogP contribution is 2.42. The lowest BCUT2D eigenvalue weighted by molar-refractivity contribution is -0.143. The molecule has 0 amide bonds. The molecule has 1 saturated heterocycles. The van der Waals surface area contributed by atoms with E-state index < -0.39 is 12.7 Å². The Hall–Kier alpha value is -0.660. The minimum atomic E-state index is -4.10. The summed E-state index contributed by atoms with van der Waals surface area (Å²) in [6, 6.07) is 0.363. The molecule has 1 aliphatic heterocycles. The fraction of sp³-hybridized carbons (Fsp3) is 0.786. The summed E-state index contributed by atoms with van der Waals surface area (Å²) in [6.07, 6.45) is -0.939. The van der Waals surface area contributed by atoms with Gasteiger partial charge in [-0.15, -0.1) is 11.3 Å². The highest BCUT2D eigenvalue weighted by Gasteiger charge is 2.38. The molecule has 21 heavy (non-hydrogen) atoms. The number of alkyl halides is 3. The number of halogens is 3. The Morgan fingerprint density at radius 2 is 2.19 bits per heavy atom. The lowest BCUT2D eigenvalue weighted by Crippen LogP contribution is -2.38. The van der Waals surface area contributed by atoms with E-state index in [-0.39, 0.29) is 12.1 Å². The molecule has 1 aromatic heterocycles. The zero-order valence-corrected chi connectivity index (χ0v) is 12.8. The first kappa shape index (κ1) is 15.2. The van der Waals surface area contributed by atoms with Crippen LogP contribution in [0.4, 0.5) is 13.2 Å². The summed E-state index contributed by atoms with van der Waals surface area (Å²) in [4.78, 5) is 6.05. The fourth-order valence-electron chi connectivity index (χ4n) is 2.97. The zero-order chi connectivity index (χ0) is 15.0. The lowest BCUT2D eigenvalue weighted by atomic mass is 10.1. The Balaban J connectivity index is 1.58. The van der Waals surface area contributed by atoms with E-state index in [0.29, 0.717) is 19.0 Å². The van der Waals surface area contributed by atoms with Crippen LogP contribution in [-0.2, 0) is 0 Å². The topological polar surface area (TPSA) is 28.2 Å². The highest BCUT2D eigenvalue weighted by atomic mass is 32.1. The van der Waals surface area contributed by atoms with Gasteiger partial charge in [0, 0.05) is 30.2 Å². The molecule has 0 radical (unpaired) electrons. The van der Waals surface area contributed by atoms with Gasteiger partial charge in [0.25, 0.3) is 0 Å². The quantitative estimate of drug-likeness (QED) is 0.904. The van der Waals surface area contributed by atoms with Crippen LogP contribution >= 0.6 is 11.3 Å². The largest absolute Gasteiger partial charge is 0.401 e. The van der Waals surface area contributed by atoms with Gasteiger partial charge in [0.05, 0.1) is 12.6 Å². The minimum Gasteiger partial charge on any atom is -0.304 e. The third-order valence-electron chi connectivity index (χ3n) is 4.09. The molecule has 0 aromatic carbocycles. The van der Waals surface area contributed by atoms with Crippen molar-refractivity contribution in [3.8, 4) is 0 Å². The molecular weight excluding hydrogens is 299 g/mol. The van der Waals surface area contributed by atoms with E-state index in [1.54, 1.807) is 11.3 Å². The molecule has 1 aromatic rings. The van der Waals surface area contributed by atoms with Gasteiger partial charge >= 0.3 is 6.18 Å². The second-order valence-corrected chi connectivity index (χ2v) is 7.03. The summed E-state index contributed by atoms with van der Waals surface area (Å²) in [7, 11) is 0. The predicted molar refractivity (Wildman–Crippen MR) is 76.4 cm³/mol. The van der Waals surface area contributed by atoms with E-state index in [0.717, 1.165) is 17.1 Å². The van der Waals surface area contributed by atoms with Crippen LogP contribution in [0, 0.1) is 12.8 Å². The number of nitrogens with zero attached hydrogens (tertiary/aromatic N) is 2. The summed E-state index contributed by atoms with van der Waals surface area (Å²) in [6.45, 7) is 2.18. The van der Waals surface area contributed by atoms with Crippen LogP contribution in [-0.4, -0.2) is 41.7 Å². The Morgan fingerprint density at radius 3 is 2.76 bits per heavy atom.